The first-order valence-electron chi connectivity index (χ1n) is 6.99. The van der Waals surface area contributed by atoms with E-state index in [1.165, 1.54) is 0 Å². The van der Waals surface area contributed by atoms with Crippen molar-refractivity contribution in [3.63, 3.8) is 0 Å². The Morgan fingerprint density at radius 2 is 2.05 bits per heavy atom. The lowest BCUT2D eigenvalue weighted by molar-refractivity contribution is 0.193. The number of pyridine rings is 1. The van der Waals surface area contributed by atoms with E-state index in [1.807, 2.05) is 6.92 Å². The summed E-state index contributed by atoms with van der Waals surface area (Å²) in [5.41, 5.74) is 0. The van der Waals surface area contributed by atoms with Crippen molar-refractivity contribution in [1.29, 1.82) is 0 Å². The van der Waals surface area contributed by atoms with Gasteiger partial charge < -0.3 is 10.1 Å². The van der Waals surface area contributed by atoms with E-state index in [4.69, 9.17) is 27.9 Å². The van der Waals surface area contributed by atoms with E-state index in [-0.39, 0.29) is 0 Å². The molecule has 3 nitrogen and oxygen atoms in total. The molecule has 1 aliphatic carbocycles. The van der Waals surface area contributed by atoms with Crippen LogP contribution < -0.4 is 10.1 Å². The number of nitrogens with zero attached hydrogens (tertiary/aromatic N) is 1. The van der Waals surface area contributed by atoms with Gasteiger partial charge in [-0.3, -0.25) is 0 Å². The zero-order valence-corrected chi connectivity index (χ0v) is 13.3. The summed E-state index contributed by atoms with van der Waals surface area (Å²) in [4.78, 5) is 4.36. The summed E-state index contributed by atoms with van der Waals surface area (Å²) < 4.78 is 5.81. The van der Waals surface area contributed by atoms with E-state index in [1.54, 1.807) is 6.07 Å². The second-order valence-electron chi connectivity index (χ2n) is 5.13. The number of hydrogen-bond acceptors (Lipinski definition) is 3. The number of rotatable bonds is 5. The lowest BCUT2D eigenvalue weighted by Gasteiger charge is -2.25. The maximum absolute atomic E-state index is 6.14. The second-order valence-corrected chi connectivity index (χ2v) is 5.94. The topological polar surface area (TPSA) is 34.2 Å². The van der Waals surface area contributed by atoms with Gasteiger partial charge in [-0.2, -0.15) is 4.98 Å². The number of halogens is 2. The summed E-state index contributed by atoms with van der Waals surface area (Å²) in [7, 11) is 0. The fourth-order valence-corrected chi connectivity index (χ4v) is 2.75. The van der Waals surface area contributed by atoms with Crippen molar-refractivity contribution in [2.75, 3.05) is 18.5 Å². The first kappa shape index (κ1) is 15.5. The van der Waals surface area contributed by atoms with Crippen LogP contribution in [0.2, 0.25) is 10.0 Å². The number of nitrogens with one attached hydrogen (secondary N) is 1. The summed E-state index contributed by atoms with van der Waals surface area (Å²) in [6.45, 7) is 5.62. The third kappa shape index (κ3) is 3.80. The predicted octanol–water partition coefficient (Wildman–Crippen LogP) is 4.80. The molecule has 1 N–H and O–H groups in total. The van der Waals surface area contributed by atoms with Gasteiger partial charge in [-0.1, -0.05) is 42.3 Å². The molecule has 0 spiro atoms. The van der Waals surface area contributed by atoms with Gasteiger partial charge in [0.05, 0.1) is 11.6 Å². The average Bonchev–Trinajstić information content (AvgIpc) is 2.42. The molecule has 0 aliphatic heterocycles. The van der Waals surface area contributed by atoms with Gasteiger partial charge in [-0.25, -0.2) is 0 Å². The number of anilines is 1. The van der Waals surface area contributed by atoms with Crippen molar-refractivity contribution in [1.82, 2.24) is 4.98 Å². The molecule has 1 aromatic rings. The van der Waals surface area contributed by atoms with Gasteiger partial charge in [0, 0.05) is 6.54 Å². The van der Waals surface area contributed by atoms with Crippen LogP contribution in [-0.2, 0) is 0 Å². The quantitative estimate of drug-likeness (QED) is 0.792. The van der Waals surface area contributed by atoms with E-state index in [0.717, 1.165) is 19.4 Å². The fraction of sp³-hybridized carbons (Fsp3) is 0.533. The Labute approximate surface area is 130 Å². The lowest BCUT2D eigenvalue weighted by atomic mass is 9.85. The average molecular weight is 315 g/mol. The summed E-state index contributed by atoms with van der Waals surface area (Å²) in [5, 5.41) is 4.06. The van der Waals surface area contributed by atoms with Gasteiger partial charge >= 0.3 is 0 Å². The number of allylic oxidation sites excluding steroid dienone is 2. The van der Waals surface area contributed by atoms with E-state index >= 15 is 0 Å². The highest BCUT2D eigenvalue weighted by atomic mass is 35.5. The Morgan fingerprint density at radius 3 is 2.75 bits per heavy atom. The maximum Gasteiger partial charge on any atom is 0.234 e. The molecule has 0 saturated heterocycles. The normalized spacial score (nSPS) is 21.8. The molecule has 110 valence electrons. The highest BCUT2D eigenvalue weighted by Crippen LogP contribution is 2.32. The Balaban J connectivity index is 2.05. The van der Waals surface area contributed by atoms with Gasteiger partial charge in [-0.15, -0.1) is 0 Å². The third-order valence-electron chi connectivity index (χ3n) is 3.59. The van der Waals surface area contributed by atoms with E-state index in [9.17, 15) is 0 Å². The number of ether oxygens (including phenoxy) is 1. The first-order chi connectivity index (χ1) is 9.61. The van der Waals surface area contributed by atoms with E-state index < -0.39 is 0 Å². The molecular formula is C15H20Cl2N2O. The molecule has 0 bridgehead atoms. The Kier molecular flexibility index (Phi) is 5.55. The number of hydrogen-bond donors (Lipinski definition) is 1. The first-order valence-corrected chi connectivity index (χ1v) is 7.75. The van der Waals surface area contributed by atoms with Crippen LogP contribution in [-0.4, -0.2) is 18.1 Å². The molecule has 0 amide bonds. The zero-order valence-electron chi connectivity index (χ0n) is 11.8. The molecule has 5 heteroatoms. The molecule has 2 unspecified atom stereocenters. The third-order valence-corrected chi connectivity index (χ3v) is 4.15. The molecule has 0 fully saturated rings. The van der Waals surface area contributed by atoms with Crippen LogP contribution in [0.1, 0.15) is 26.7 Å². The Bertz CT molecular complexity index is 491. The van der Waals surface area contributed by atoms with Crippen LogP contribution in [0, 0.1) is 11.8 Å². The minimum absolute atomic E-state index is 0.453. The molecule has 1 aliphatic rings. The van der Waals surface area contributed by atoms with Crippen LogP contribution in [0.15, 0.2) is 18.2 Å². The Morgan fingerprint density at radius 1 is 1.30 bits per heavy atom. The molecule has 2 rings (SSSR count). The molecule has 20 heavy (non-hydrogen) atoms. The highest BCUT2D eigenvalue weighted by Gasteiger charge is 2.20. The summed E-state index contributed by atoms with van der Waals surface area (Å²) in [6.07, 6.45) is 6.61. The van der Waals surface area contributed by atoms with Crippen molar-refractivity contribution in [3.05, 3.63) is 28.3 Å². The highest BCUT2D eigenvalue weighted by molar-refractivity contribution is 6.36. The SMILES string of the molecule is CCNc1nc(OCC2CC=CCC2C)c(Cl)cc1Cl. The molecular weight excluding hydrogens is 295 g/mol. The predicted molar refractivity (Wildman–Crippen MR) is 84.9 cm³/mol. The standard InChI is InChI=1S/C15H20Cl2N2O/c1-3-18-14-12(16)8-13(17)15(19-14)20-9-11-7-5-4-6-10(11)2/h4-5,8,10-11H,3,6-7,9H2,1-2H3,(H,18,19). The maximum atomic E-state index is 6.14. The van der Waals surface area contributed by atoms with Gasteiger partial charge in [0.2, 0.25) is 5.88 Å². The fourth-order valence-electron chi connectivity index (χ4n) is 2.27. The minimum atomic E-state index is 0.453. The van der Waals surface area contributed by atoms with E-state index in [2.05, 4.69) is 29.4 Å². The zero-order chi connectivity index (χ0) is 14.5. The lowest BCUT2D eigenvalue weighted by Crippen LogP contribution is -2.21. The Hall–Kier alpha value is -0.930. The summed E-state index contributed by atoms with van der Waals surface area (Å²) in [5.74, 6) is 2.20. The summed E-state index contributed by atoms with van der Waals surface area (Å²) in [6, 6.07) is 1.67. The van der Waals surface area contributed by atoms with Crippen molar-refractivity contribution in [3.8, 4) is 5.88 Å². The van der Waals surface area contributed by atoms with Gasteiger partial charge in [0.25, 0.3) is 0 Å². The summed E-state index contributed by atoms with van der Waals surface area (Å²) >= 11 is 12.2. The largest absolute Gasteiger partial charge is 0.476 e. The molecule has 2 atom stereocenters. The van der Waals surface area contributed by atoms with Crippen molar-refractivity contribution >= 4 is 29.0 Å². The van der Waals surface area contributed by atoms with Crippen LogP contribution >= 0.6 is 23.2 Å². The van der Waals surface area contributed by atoms with Crippen molar-refractivity contribution < 1.29 is 4.74 Å². The van der Waals surface area contributed by atoms with Crippen LogP contribution in [0.4, 0.5) is 5.82 Å². The van der Waals surface area contributed by atoms with Crippen LogP contribution in [0.3, 0.4) is 0 Å². The molecule has 0 aromatic carbocycles. The smallest absolute Gasteiger partial charge is 0.234 e. The van der Waals surface area contributed by atoms with Crippen molar-refractivity contribution in [2.24, 2.45) is 11.8 Å². The second kappa shape index (κ2) is 7.19. The minimum Gasteiger partial charge on any atom is -0.476 e. The van der Waals surface area contributed by atoms with Gasteiger partial charge in [-0.05, 0) is 37.7 Å². The monoisotopic (exact) mass is 314 g/mol. The van der Waals surface area contributed by atoms with E-state index in [0.29, 0.717) is 40.2 Å². The van der Waals surface area contributed by atoms with Gasteiger partial charge in [0.15, 0.2) is 0 Å². The molecule has 1 heterocycles. The van der Waals surface area contributed by atoms with Crippen molar-refractivity contribution in [2.45, 2.75) is 26.7 Å². The van der Waals surface area contributed by atoms with Gasteiger partial charge in [0.1, 0.15) is 10.8 Å². The molecule has 0 saturated carbocycles. The molecule has 0 radical (unpaired) electrons. The molecule has 1 aromatic heterocycles. The van der Waals surface area contributed by atoms with Crippen LogP contribution in [0.25, 0.3) is 0 Å². The van der Waals surface area contributed by atoms with Crippen LogP contribution in [0.5, 0.6) is 5.88 Å². The number of aromatic nitrogens is 1.